The van der Waals surface area contributed by atoms with Gasteiger partial charge in [-0.15, -0.1) is 0 Å². The van der Waals surface area contributed by atoms with E-state index in [1.807, 2.05) is 11.1 Å². The van der Waals surface area contributed by atoms with Crippen LogP contribution in [0.4, 0.5) is 4.39 Å². The van der Waals surface area contributed by atoms with Gasteiger partial charge in [0, 0.05) is 29.2 Å². The molecule has 0 spiro atoms. The van der Waals surface area contributed by atoms with Gasteiger partial charge in [-0.1, -0.05) is 47.5 Å². The Kier molecular flexibility index (Phi) is 6.17. The van der Waals surface area contributed by atoms with E-state index in [0.717, 1.165) is 36.3 Å². The molecule has 3 heterocycles. The van der Waals surface area contributed by atoms with Gasteiger partial charge in [0.05, 0.1) is 29.6 Å². The van der Waals surface area contributed by atoms with Crippen LogP contribution in [-0.4, -0.2) is 40.4 Å². The molecule has 3 aliphatic rings. The minimum absolute atomic E-state index is 0.234. The number of allylic oxidation sites excluding steroid dienone is 1. The first-order valence-electron chi connectivity index (χ1n) is 11.8. The Morgan fingerprint density at radius 1 is 1.14 bits per heavy atom. The third kappa shape index (κ3) is 4.37. The summed E-state index contributed by atoms with van der Waals surface area (Å²) in [6, 6.07) is 11.4. The molecule has 0 saturated carbocycles. The van der Waals surface area contributed by atoms with Gasteiger partial charge in [0.1, 0.15) is 5.82 Å². The van der Waals surface area contributed by atoms with E-state index >= 15 is 0 Å². The molecule has 1 aromatic heterocycles. The lowest BCUT2D eigenvalue weighted by Gasteiger charge is -2.20. The van der Waals surface area contributed by atoms with Crippen LogP contribution in [0.3, 0.4) is 0 Å². The monoisotopic (exact) mass is 524 g/mol. The maximum absolute atomic E-state index is 13.5. The van der Waals surface area contributed by atoms with E-state index in [-0.39, 0.29) is 24.0 Å². The third-order valence-corrected chi connectivity index (χ3v) is 7.47. The first kappa shape index (κ1) is 23.4. The van der Waals surface area contributed by atoms with Crippen LogP contribution in [0.15, 0.2) is 54.6 Å². The normalized spacial score (nSPS) is 22.1. The molecule has 2 aliphatic heterocycles. The maximum Gasteiger partial charge on any atom is 0.286 e. The van der Waals surface area contributed by atoms with Crippen LogP contribution >= 0.6 is 23.2 Å². The number of halogens is 3. The summed E-state index contributed by atoms with van der Waals surface area (Å²) in [5, 5.41) is 7.61. The van der Waals surface area contributed by atoms with Gasteiger partial charge in [0.25, 0.3) is 5.91 Å². The van der Waals surface area contributed by atoms with Gasteiger partial charge in [-0.3, -0.25) is 10.2 Å². The largest absolute Gasteiger partial charge is 0.372 e. The summed E-state index contributed by atoms with van der Waals surface area (Å²) in [5.41, 5.74) is 6.96. The highest BCUT2D eigenvalue weighted by molar-refractivity contribution is 6.35. The number of hydrogen-bond acceptors (Lipinski definition) is 4. The Hall–Kier alpha value is -2.97. The zero-order chi connectivity index (χ0) is 24.8. The van der Waals surface area contributed by atoms with Crippen molar-refractivity contribution in [2.75, 3.05) is 19.7 Å². The summed E-state index contributed by atoms with van der Waals surface area (Å²) in [5.74, 6) is 0.415. The Bertz CT molecular complexity index is 1400. The molecule has 6 nitrogen and oxygen atoms in total. The lowest BCUT2D eigenvalue weighted by Crippen LogP contribution is -2.41. The van der Waals surface area contributed by atoms with Gasteiger partial charge in [-0.05, 0) is 60.2 Å². The van der Waals surface area contributed by atoms with Crippen LogP contribution in [0, 0.1) is 17.7 Å². The molecule has 0 bridgehead atoms. The van der Waals surface area contributed by atoms with Crippen molar-refractivity contribution in [2.45, 2.75) is 13.0 Å². The number of amides is 1. The Morgan fingerprint density at radius 3 is 2.75 bits per heavy atom. The van der Waals surface area contributed by atoms with Crippen LogP contribution in [0.1, 0.15) is 33.7 Å². The predicted octanol–water partition coefficient (Wildman–Crippen LogP) is 5.54. The van der Waals surface area contributed by atoms with Crippen molar-refractivity contribution < 1.29 is 13.9 Å². The second-order valence-corrected chi connectivity index (χ2v) is 10.2. The molecule has 6 rings (SSSR count). The molecule has 1 aliphatic carbocycles. The molecule has 1 N–H and O–H groups in total. The zero-order valence-electron chi connectivity index (χ0n) is 19.3. The first-order valence-corrected chi connectivity index (χ1v) is 12.6. The van der Waals surface area contributed by atoms with E-state index in [2.05, 4.69) is 17.6 Å². The van der Waals surface area contributed by atoms with Crippen LogP contribution in [0.25, 0.3) is 17.3 Å². The Balaban J connectivity index is 1.41. The standard InChI is InChI=1S/C27H23Cl2FN4O2/c28-20-6-9-24(23(29)11-20)34-26-19(10-16-4-7-21(30)8-5-16)14-36-15-22(26)25(31-34)27(35)32-33-12-17-2-1-3-18(17)13-33/h1-2,4-11,17-18H,3,12-15H2,(H,32,35)/b19-10+. The SMILES string of the molecule is O=C(NN1CC2C=CCC2C1)c1nn(-c2ccc(Cl)cc2Cl)c2c1COC/C2=C\c1ccc(F)cc1. The number of fused-ring (bicyclic) bond motifs is 2. The number of hydrazine groups is 1. The van der Waals surface area contributed by atoms with Crippen LogP contribution in [0.2, 0.25) is 10.0 Å². The van der Waals surface area contributed by atoms with Crippen LogP contribution in [0.5, 0.6) is 0 Å². The average molecular weight is 525 g/mol. The number of carbonyl (C=O) groups is 1. The molecule has 184 valence electrons. The molecule has 2 aromatic carbocycles. The predicted molar refractivity (Wildman–Crippen MR) is 137 cm³/mol. The topological polar surface area (TPSA) is 59.4 Å². The second kappa shape index (κ2) is 9.48. The lowest BCUT2D eigenvalue weighted by molar-refractivity contribution is 0.0805. The summed E-state index contributed by atoms with van der Waals surface area (Å²) in [6.07, 6.45) is 7.40. The van der Waals surface area contributed by atoms with Gasteiger partial charge < -0.3 is 4.74 Å². The number of nitrogens with zero attached hydrogens (tertiary/aromatic N) is 3. The summed E-state index contributed by atoms with van der Waals surface area (Å²) in [6.45, 7) is 2.13. The molecule has 9 heteroatoms. The lowest BCUT2D eigenvalue weighted by atomic mass is 10.0. The van der Waals surface area contributed by atoms with Crippen molar-refractivity contribution >= 4 is 40.8 Å². The molecule has 3 aromatic rings. The fourth-order valence-electron chi connectivity index (χ4n) is 5.21. The van der Waals surface area contributed by atoms with Gasteiger partial charge in [-0.25, -0.2) is 14.1 Å². The number of benzene rings is 2. The molecule has 0 radical (unpaired) electrons. The van der Waals surface area contributed by atoms with Crippen molar-refractivity contribution in [1.82, 2.24) is 20.2 Å². The molecule has 2 unspecified atom stereocenters. The fourth-order valence-corrected chi connectivity index (χ4v) is 5.70. The summed E-state index contributed by atoms with van der Waals surface area (Å²) < 4.78 is 21.0. The van der Waals surface area contributed by atoms with Gasteiger partial charge in [-0.2, -0.15) is 5.10 Å². The van der Waals surface area contributed by atoms with E-state index in [4.69, 9.17) is 33.0 Å². The van der Waals surface area contributed by atoms with Gasteiger partial charge >= 0.3 is 0 Å². The summed E-state index contributed by atoms with van der Waals surface area (Å²) >= 11 is 12.7. The Labute approximate surface area is 217 Å². The average Bonchev–Trinajstić information content (AvgIpc) is 3.55. The quantitative estimate of drug-likeness (QED) is 0.455. The molecule has 1 saturated heterocycles. The Morgan fingerprint density at radius 2 is 1.97 bits per heavy atom. The van der Waals surface area contributed by atoms with Crippen molar-refractivity contribution in [1.29, 1.82) is 0 Å². The van der Waals surface area contributed by atoms with Crippen LogP contribution < -0.4 is 5.43 Å². The number of aromatic nitrogens is 2. The highest BCUT2D eigenvalue weighted by Crippen LogP contribution is 2.35. The van der Waals surface area contributed by atoms with Gasteiger partial charge in [0.15, 0.2) is 5.69 Å². The van der Waals surface area contributed by atoms with E-state index < -0.39 is 0 Å². The maximum atomic E-state index is 13.5. The minimum atomic E-state index is -0.309. The number of ether oxygens (including phenoxy) is 1. The second-order valence-electron chi connectivity index (χ2n) is 9.33. The van der Waals surface area contributed by atoms with Gasteiger partial charge in [0.2, 0.25) is 0 Å². The third-order valence-electron chi connectivity index (χ3n) is 6.93. The van der Waals surface area contributed by atoms with Crippen molar-refractivity contribution in [2.24, 2.45) is 11.8 Å². The fraction of sp³-hybridized carbons (Fsp3) is 0.259. The molecular weight excluding hydrogens is 502 g/mol. The van der Waals surface area contributed by atoms with E-state index in [1.54, 1.807) is 35.0 Å². The van der Waals surface area contributed by atoms with Crippen molar-refractivity contribution in [3.8, 4) is 5.69 Å². The molecule has 2 atom stereocenters. The highest BCUT2D eigenvalue weighted by atomic mass is 35.5. The smallest absolute Gasteiger partial charge is 0.286 e. The minimum Gasteiger partial charge on any atom is -0.372 e. The number of carbonyl (C=O) groups excluding carboxylic acids is 1. The van der Waals surface area contributed by atoms with Crippen molar-refractivity contribution in [3.05, 3.63) is 93.0 Å². The zero-order valence-corrected chi connectivity index (χ0v) is 20.8. The molecular formula is C27H23Cl2FN4O2. The molecule has 1 fully saturated rings. The summed E-state index contributed by atoms with van der Waals surface area (Å²) in [7, 11) is 0. The molecule has 1 amide bonds. The van der Waals surface area contributed by atoms with Crippen LogP contribution in [-0.2, 0) is 11.3 Å². The van der Waals surface area contributed by atoms with Crippen molar-refractivity contribution in [3.63, 3.8) is 0 Å². The highest BCUT2D eigenvalue weighted by Gasteiger charge is 2.35. The number of hydrogen-bond donors (Lipinski definition) is 1. The van der Waals surface area contributed by atoms with E-state index in [0.29, 0.717) is 39.7 Å². The number of rotatable bonds is 4. The number of nitrogens with one attached hydrogen (secondary N) is 1. The molecule has 36 heavy (non-hydrogen) atoms. The first-order chi connectivity index (χ1) is 17.5. The van der Waals surface area contributed by atoms with E-state index in [9.17, 15) is 9.18 Å². The van der Waals surface area contributed by atoms with E-state index in [1.165, 1.54) is 12.1 Å². The summed E-state index contributed by atoms with van der Waals surface area (Å²) in [4.78, 5) is 13.5.